The summed E-state index contributed by atoms with van der Waals surface area (Å²) in [6.07, 6.45) is 0.0578. The fourth-order valence-electron chi connectivity index (χ4n) is 2.87. The molecule has 2 aromatic rings. The number of morpholine rings is 1. The smallest absolute Gasteiger partial charge is 0.276 e. The first-order chi connectivity index (χ1) is 11.0. The van der Waals surface area contributed by atoms with Crippen LogP contribution in [0, 0.1) is 20.8 Å². The highest BCUT2D eigenvalue weighted by Crippen LogP contribution is 2.17. The molecule has 0 N–H and O–H groups in total. The van der Waals surface area contributed by atoms with E-state index in [1.807, 2.05) is 39.8 Å². The van der Waals surface area contributed by atoms with Gasteiger partial charge in [-0.15, -0.1) is 5.10 Å². The van der Waals surface area contributed by atoms with E-state index in [1.54, 1.807) is 9.70 Å². The van der Waals surface area contributed by atoms with E-state index in [1.165, 1.54) is 5.56 Å². The number of aryl methyl sites for hydroxylation is 3. The molecule has 23 heavy (non-hydrogen) atoms. The number of aromatic nitrogens is 3. The first kappa shape index (κ1) is 15.7. The number of hydrogen-bond acceptors (Lipinski definition) is 4. The van der Waals surface area contributed by atoms with Crippen molar-refractivity contribution in [2.24, 2.45) is 0 Å². The summed E-state index contributed by atoms with van der Waals surface area (Å²) in [5.41, 5.74) is 4.23. The molecule has 6 heteroatoms. The summed E-state index contributed by atoms with van der Waals surface area (Å²) in [6, 6.07) is 6.08. The fraction of sp³-hybridized carbons (Fsp3) is 0.471. The third-order valence-corrected chi connectivity index (χ3v) is 4.08. The van der Waals surface area contributed by atoms with E-state index < -0.39 is 0 Å². The van der Waals surface area contributed by atoms with Gasteiger partial charge in [-0.05, 0) is 39.3 Å². The van der Waals surface area contributed by atoms with E-state index in [-0.39, 0.29) is 12.0 Å². The van der Waals surface area contributed by atoms with Crippen molar-refractivity contribution < 1.29 is 9.53 Å². The van der Waals surface area contributed by atoms with Gasteiger partial charge in [0.25, 0.3) is 5.91 Å². The van der Waals surface area contributed by atoms with Gasteiger partial charge >= 0.3 is 0 Å². The minimum atomic E-state index is -0.0753. The van der Waals surface area contributed by atoms with Crippen molar-refractivity contribution in [1.29, 1.82) is 0 Å². The second-order valence-corrected chi connectivity index (χ2v) is 6.15. The molecule has 122 valence electrons. The van der Waals surface area contributed by atoms with Crippen LogP contribution in [0.3, 0.4) is 0 Å². The molecule has 2 heterocycles. The number of carbonyl (C=O) groups is 1. The Bertz CT molecular complexity index is 738. The molecule has 1 aliphatic rings. The lowest BCUT2D eigenvalue weighted by Crippen LogP contribution is -2.44. The molecule has 0 saturated carbocycles. The minimum Gasteiger partial charge on any atom is -0.375 e. The van der Waals surface area contributed by atoms with Gasteiger partial charge in [0.05, 0.1) is 24.1 Å². The van der Waals surface area contributed by atoms with Gasteiger partial charge in [-0.2, -0.15) is 9.90 Å². The summed E-state index contributed by atoms with van der Waals surface area (Å²) in [5, 5.41) is 8.88. The topological polar surface area (TPSA) is 60.2 Å². The maximum Gasteiger partial charge on any atom is 0.276 e. The van der Waals surface area contributed by atoms with E-state index >= 15 is 0 Å². The minimum absolute atomic E-state index is 0.0578. The van der Waals surface area contributed by atoms with Crippen molar-refractivity contribution in [3.8, 4) is 5.69 Å². The van der Waals surface area contributed by atoms with Crippen LogP contribution in [-0.4, -0.2) is 51.6 Å². The molecule has 1 aliphatic heterocycles. The molecular formula is C17H22N4O2. The van der Waals surface area contributed by atoms with E-state index in [4.69, 9.17) is 4.74 Å². The zero-order chi connectivity index (χ0) is 16.6. The molecule has 1 saturated heterocycles. The van der Waals surface area contributed by atoms with Gasteiger partial charge in [-0.25, -0.2) is 0 Å². The number of ether oxygens (including phenoxy) is 1. The van der Waals surface area contributed by atoms with Gasteiger partial charge in [0.1, 0.15) is 0 Å². The molecule has 1 amide bonds. The summed E-state index contributed by atoms with van der Waals surface area (Å²) >= 11 is 0. The summed E-state index contributed by atoms with van der Waals surface area (Å²) in [4.78, 5) is 16.1. The van der Waals surface area contributed by atoms with Crippen LogP contribution < -0.4 is 0 Å². The number of benzene rings is 1. The fourth-order valence-corrected chi connectivity index (χ4v) is 2.87. The summed E-state index contributed by atoms with van der Waals surface area (Å²) in [5.74, 6) is -0.0753. The highest BCUT2D eigenvalue weighted by molar-refractivity contribution is 5.93. The largest absolute Gasteiger partial charge is 0.375 e. The lowest BCUT2D eigenvalue weighted by atomic mass is 10.1. The molecule has 1 aromatic carbocycles. The van der Waals surface area contributed by atoms with E-state index in [2.05, 4.69) is 16.3 Å². The first-order valence-electron chi connectivity index (χ1n) is 7.88. The Labute approximate surface area is 136 Å². The molecule has 1 fully saturated rings. The number of amides is 1. The van der Waals surface area contributed by atoms with Crippen LogP contribution in [0.1, 0.15) is 34.2 Å². The Morgan fingerprint density at radius 3 is 2.74 bits per heavy atom. The highest BCUT2D eigenvalue weighted by Gasteiger charge is 2.26. The van der Waals surface area contributed by atoms with Crippen molar-refractivity contribution >= 4 is 5.91 Å². The monoisotopic (exact) mass is 314 g/mol. The zero-order valence-electron chi connectivity index (χ0n) is 14.0. The standard InChI is InChI=1S/C17H22N4O2/c1-11-5-6-15(12(2)9-11)21-18-14(4)16(19-21)17(22)20-7-8-23-13(3)10-20/h5-6,9,13H,7-8,10H2,1-4H3. The molecule has 0 spiro atoms. The average molecular weight is 314 g/mol. The van der Waals surface area contributed by atoms with Gasteiger partial charge in [0.15, 0.2) is 5.69 Å². The Hall–Kier alpha value is -2.21. The van der Waals surface area contributed by atoms with Crippen LogP contribution >= 0.6 is 0 Å². The molecule has 0 radical (unpaired) electrons. The maximum absolute atomic E-state index is 12.7. The maximum atomic E-state index is 12.7. The molecule has 0 bridgehead atoms. The SMILES string of the molecule is Cc1ccc(-n2nc(C)c(C(=O)N3CCOC(C)C3)n2)c(C)c1. The summed E-state index contributed by atoms with van der Waals surface area (Å²) in [7, 11) is 0. The average Bonchev–Trinajstić information content (AvgIpc) is 2.88. The third kappa shape index (κ3) is 3.12. The van der Waals surface area contributed by atoms with Crippen LogP contribution in [-0.2, 0) is 4.74 Å². The number of rotatable bonds is 2. The van der Waals surface area contributed by atoms with Crippen LogP contribution in [0.2, 0.25) is 0 Å². The summed E-state index contributed by atoms with van der Waals surface area (Å²) in [6.45, 7) is 9.62. The predicted octanol–water partition coefficient (Wildman–Crippen LogP) is 2.05. The van der Waals surface area contributed by atoms with Gasteiger partial charge < -0.3 is 9.64 Å². The Balaban J connectivity index is 1.90. The van der Waals surface area contributed by atoms with Crippen LogP contribution in [0.25, 0.3) is 5.69 Å². The van der Waals surface area contributed by atoms with Crippen LogP contribution in [0.5, 0.6) is 0 Å². The van der Waals surface area contributed by atoms with Crippen molar-refractivity contribution in [1.82, 2.24) is 19.9 Å². The van der Waals surface area contributed by atoms with Crippen molar-refractivity contribution in [3.63, 3.8) is 0 Å². The Morgan fingerprint density at radius 1 is 1.26 bits per heavy atom. The van der Waals surface area contributed by atoms with E-state index in [0.29, 0.717) is 31.1 Å². The normalized spacial score (nSPS) is 18.3. The third-order valence-electron chi connectivity index (χ3n) is 4.08. The molecule has 1 aromatic heterocycles. The van der Waals surface area contributed by atoms with Crippen LogP contribution in [0.15, 0.2) is 18.2 Å². The number of carbonyl (C=O) groups excluding carboxylic acids is 1. The molecular weight excluding hydrogens is 292 g/mol. The molecule has 1 atom stereocenters. The van der Waals surface area contributed by atoms with Crippen molar-refractivity contribution in [2.45, 2.75) is 33.8 Å². The second-order valence-electron chi connectivity index (χ2n) is 6.15. The molecule has 3 rings (SSSR count). The lowest BCUT2D eigenvalue weighted by Gasteiger charge is -2.30. The van der Waals surface area contributed by atoms with Gasteiger partial charge in [0.2, 0.25) is 0 Å². The molecule has 1 unspecified atom stereocenters. The predicted molar refractivity (Wildman–Crippen MR) is 86.9 cm³/mol. The second kappa shape index (κ2) is 6.12. The van der Waals surface area contributed by atoms with Gasteiger partial charge in [0, 0.05) is 13.1 Å². The van der Waals surface area contributed by atoms with Gasteiger partial charge in [-0.1, -0.05) is 17.7 Å². The summed E-state index contributed by atoms with van der Waals surface area (Å²) < 4.78 is 5.49. The number of hydrogen-bond donors (Lipinski definition) is 0. The Kier molecular flexibility index (Phi) is 4.17. The number of nitrogens with zero attached hydrogens (tertiary/aromatic N) is 4. The zero-order valence-corrected chi connectivity index (χ0v) is 14.0. The first-order valence-corrected chi connectivity index (χ1v) is 7.88. The van der Waals surface area contributed by atoms with E-state index in [9.17, 15) is 4.79 Å². The van der Waals surface area contributed by atoms with Crippen molar-refractivity contribution in [2.75, 3.05) is 19.7 Å². The van der Waals surface area contributed by atoms with Crippen LogP contribution in [0.4, 0.5) is 0 Å². The van der Waals surface area contributed by atoms with Gasteiger partial charge in [-0.3, -0.25) is 4.79 Å². The quantitative estimate of drug-likeness (QED) is 0.851. The van der Waals surface area contributed by atoms with E-state index in [0.717, 1.165) is 11.3 Å². The Morgan fingerprint density at radius 2 is 2.04 bits per heavy atom. The molecule has 0 aliphatic carbocycles. The highest BCUT2D eigenvalue weighted by atomic mass is 16.5. The molecule has 6 nitrogen and oxygen atoms in total. The lowest BCUT2D eigenvalue weighted by molar-refractivity contribution is -0.0126. The van der Waals surface area contributed by atoms with Crippen molar-refractivity contribution in [3.05, 3.63) is 40.7 Å².